The van der Waals surface area contributed by atoms with Gasteiger partial charge in [0, 0.05) is 31.9 Å². The summed E-state index contributed by atoms with van der Waals surface area (Å²) in [4.78, 5) is 4.82. The van der Waals surface area contributed by atoms with E-state index in [0.717, 1.165) is 30.2 Å². The molecule has 2 heterocycles. The largest absolute Gasteiger partial charge is 0.474 e. The second-order valence-electron chi connectivity index (χ2n) is 7.80. The number of hydrogen-bond acceptors (Lipinski definition) is 7. The van der Waals surface area contributed by atoms with Gasteiger partial charge in [-0.3, -0.25) is 0 Å². The standard InChI is InChI=1S/C20H25BrN6O3S/c1-26(2)31(28,29)16-9-5-14(6-10-16)24-18-11-19(25-20-17(21)12-23-27(18)20)30-15-7-3-13(22)4-8-15/h5-6,9-13,15,24H,3-4,7-8,22H2,1-2H3/t13-,15-. The Morgan fingerprint density at radius 3 is 2.52 bits per heavy atom. The van der Waals surface area contributed by atoms with Crippen LogP contribution in [0.5, 0.6) is 5.88 Å². The van der Waals surface area contributed by atoms with Crippen LogP contribution >= 0.6 is 15.9 Å². The highest BCUT2D eigenvalue weighted by atomic mass is 79.9. The van der Waals surface area contributed by atoms with Crippen LogP contribution < -0.4 is 15.8 Å². The number of aromatic nitrogens is 3. The Balaban J connectivity index is 1.61. The molecule has 1 aromatic carbocycles. The lowest BCUT2D eigenvalue weighted by molar-refractivity contribution is 0.141. The lowest BCUT2D eigenvalue weighted by Crippen LogP contribution is -2.31. The molecular weight excluding hydrogens is 484 g/mol. The number of benzene rings is 1. The van der Waals surface area contributed by atoms with Gasteiger partial charge in [0.2, 0.25) is 15.9 Å². The minimum atomic E-state index is -3.48. The Kier molecular flexibility index (Phi) is 6.20. The molecule has 2 aromatic heterocycles. The Labute approximate surface area is 189 Å². The average molecular weight is 509 g/mol. The minimum Gasteiger partial charge on any atom is -0.474 e. The molecule has 3 N–H and O–H groups in total. The van der Waals surface area contributed by atoms with E-state index < -0.39 is 10.0 Å². The first-order valence-electron chi connectivity index (χ1n) is 10.00. The van der Waals surface area contributed by atoms with E-state index in [1.165, 1.54) is 18.4 Å². The summed E-state index contributed by atoms with van der Waals surface area (Å²) in [5.74, 6) is 1.16. The molecule has 0 aliphatic heterocycles. The lowest BCUT2D eigenvalue weighted by Gasteiger charge is -2.26. The van der Waals surface area contributed by atoms with Crippen LogP contribution in [-0.4, -0.2) is 53.6 Å². The van der Waals surface area contributed by atoms with Crippen molar-refractivity contribution in [3.63, 3.8) is 0 Å². The highest BCUT2D eigenvalue weighted by Gasteiger charge is 2.22. The van der Waals surface area contributed by atoms with Crippen molar-refractivity contribution in [3.8, 4) is 5.88 Å². The second kappa shape index (κ2) is 8.73. The van der Waals surface area contributed by atoms with Crippen LogP contribution in [0.4, 0.5) is 11.5 Å². The predicted molar refractivity (Wildman–Crippen MR) is 122 cm³/mol. The maximum absolute atomic E-state index is 12.3. The monoisotopic (exact) mass is 508 g/mol. The fourth-order valence-electron chi connectivity index (χ4n) is 3.51. The Bertz CT molecular complexity index is 1170. The molecule has 4 rings (SSSR count). The first-order chi connectivity index (χ1) is 14.7. The smallest absolute Gasteiger partial charge is 0.242 e. The Hall–Kier alpha value is -2.21. The van der Waals surface area contributed by atoms with Gasteiger partial charge >= 0.3 is 0 Å². The maximum atomic E-state index is 12.3. The predicted octanol–water partition coefficient (Wildman–Crippen LogP) is 3.13. The molecule has 9 nitrogen and oxygen atoms in total. The van der Waals surface area contributed by atoms with Crippen molar-refractivity contribution in [3.05, 3.63) is 41.0 Å². The minimum absolute atomic E-state index is 0.0832. The van der Waals surface area contributed by atoms with Crippen molar-refractivity contribution >= 4 is 43.1 Å². The van der Waals surface area contributed by atoms with Crippen LogP contribution in [0, 0.1) is 0 Å². The van der Waals surface area contributed by atoms with E-state index in [1.54, 1.807) is 41.0 Å². The molecule has 0 saturated heterocycles. The van der Waals surface area contributed by atoms with Crippen LogP contribution in [0.3, 0.4) is 0 Å². The van der Waals surface area contributed by atoms with Crippen LogP contribution in [0.25, 0.3) is 5.65 Å². The van der Waals surface area contributed by atoms with Gasteiger partial charge < -0.3 is 15.8 Å². The van der Waals surface area contributed by atoms with Gasteiger partial charge in [-0.05, 0) is 65.9 Å². The molecule has 0 atom stereocenters. The SMILES string of the molecule is CN(C)S(=O)(=O)c1ccc(Nc2cc(O[C@H]3CC[C@H](N)CC3)nc3c(Br)cnn23)cc1. The molecule has 1 fully saturated rings. The molecule has 3 aromatic rings. The van der Waals surface area contributed by atoms with Crippen LogP contribution in [0.1, 0.15) is 25.7 Å². The van der Waals surface area contributed by atoms with E-state index in [-0.39, 0.29) is 17.0 Å². The van der Waals surface area contributed by atoms with Crippen molar-refractivity contribution in [1.29, 1.82) is 0 Å². The summed E-state index contributed by atoms with van der Waals surface area (Å²) in [6.45, 7) is 0. The first-order valence-corrected chi connectivity index (χ1v) is 12.2. The first kappa shape index (κ1) is 22.0. The molecule has 0 bridgehead atoms. The van der Waals surface area contributed by atoms with E-state index in [1.807, 2.05) is 0 Å². The second-order valence-corrected chi connectivity index (χ2v) is 10.8. The summed E-state index contributed by atoms with van der Waals surface area (Å²) >= 11 is 3.48. The zero-order valence-corrected chi connectivity index (χ0v) is 19.7. The molecule has 0 spiro atoms. The van der Waals surface area contributed by atoms with Gasteiger partial charge in [-0.2, -0.15) is 14.6 Å². The number of sulfonamides is 1. The molecule has 0 radical (unpaired) electrons. The number of nitrogens with zero attached hydrogens (tertiary/aromatic N) is 4. The van der Waals surface area contributed by atoms with Crippen molar-refractivity contribution in [2.24, 2.45) is 5.73 Å². The quantitative estimate of drug-likeness (QED) is 0.525. The summed E-state index contributed by atoms with van der Waals surface area (Å²) in [6, 6.07) is 8.60. The average Bonchev–Trinajstić information content (AvgIpc) is 3.11. The maximum Gasteiger partial charge on any atom is 0.242 e. The number of hydrogen-bond donors (Lipinski definition) is 2. The third-order valence-corrected chi connectivity index (χ3v) is 7.71. The van der Waals surface area contributed by atoms with Gasteiger partial charge in [0.15, 0.2) is 5.65 Å². The Morgan fingerprint density at radius 1 is 1.19 bits per heavy atom. The fraction of sp³-hybridized carbons (Fsp3) is 0.400. The molecule has 11 heteroatoms. The van der Waals surface area contributed by atoms with Crippen molar-refractivity contribution in [2.75, 3.05) is 19.4 Å². The molecule has 166 valence electrons. The highest BCUT2D eigenvalue weighted by molar-refractivity contribution is 9.10. The molecule has 1 saturated carbocycles. The number of anilines is 2. The summed E-state index contributed by atoms with van der Waals surface area (Å²) < 4.78 is 34.3. The molecule has 1 aliphatic rings. The van der Waals surface area contributed by atoms with E-state index in [4.69, 9.17) is 10.5 Å². The number of fused-ring (bicyclic) bond motifs is 1. The molecule has 1 aliphatic carbocycles. The number of halogens is 1. The van der Waals surface area contributed by atoms with Gasteiger partial charge in [0.1, 0.15) is 11.9 Å². The van der Waals surface area contributed by atoms with Crippen molar-refractivity contribution < 1.29 is 13.2 Å². The lowest BCUT2D eigenvalue weighted by atomic mass is 9.94. The summed E-state index contributed by atoms with van der Waals surface area (Å²) in [7, 11) is -0.470. The van der Waals surface area contributed by atoms with Crippen molar-refractivity contribution in [1.82, 2.24) is 18.9 Å². The van der Waals surface area contributed by atoms with Crippen molar-refractivity contribution in [2.45, 2.75) is 42.7 Å². The molecule has 31 heavy (non-hydrogen) atoms. The highest BCUT2D eigenvalue weighted by Crippen LogP contribution is 2.29. The van der Waals surface area contributed by atoms with Gasteiger partial charge in [-0.25, -0.2) is 12.7 Å². The molecular formula is C20H25BrN6O3S. The third-order valence-electron chi connectivity index (χ3n) is 5.32. The van der Waals surface area contributed by atoms with Gasteiger partial charge in [-0.15, -0.1) is 0 Å². The topological polar surface area (TPSA) is 115 Å². The summed E-state index contributed by atoms with van der Waals surface area (Å²) in [5.41, 5.74) is 7.33. The van der Waals surface area contributed by atoms with Gasteiger partial charge in [0.05, 0.1) is 15.6 Å². The number of nitrogens with two attached hydrogens (primary N) is 1. The number of ether oxygens (including phenoxy) is 1. The van der Waals surface area contributed by atoms with Crippen LogP contribution in [0.2, 0.25) is 0 Å². The number of rotatable bonds is 6. The van der Waals surface area contributed by atoms with Crippen LogP contribution in [-0.2, 0) is 10.0 Å². The normalized spacial score (nSPS) is 19.6. The number of nitrogens with one attached hydrogen (secondary N) is 1. The summed E-state index contributed by atoms with van der Waals surface area (Å²) in [6.07, 6.45) is 5.44. The summed E-state index contributed by atoms with van der Waals surface area (Å²) in [5, 5.41) is 7.65. The van der Waals surface area contributed by atoms with Crippen LogP contribution in [0.15, 0.2) is 45.9 Å². The third kappa shape index (κ3) is 4.69. The van der Waals surface area contributed by atoms with Gasteiger partial charge in [0.25, 0.3) is 0 Å². The van der Waals surface area contributed by atoms with E-state index >= 15 is 0 Å². The Morgan fingerprint density at radius 2 is 1.87 bits per heavy atom. The zero-order valence-electron chi connectivity index (χ0n) is 17.3. The van der Waals surface area contributed by atoms with E-state index in [0.29, 0.717) is 23.0 Å². The zero-order chi connectivity index (χ0) is 22.2. The van der Waals surface area contributed by atoms with E-state index in [9.17, 15) is 8.42 Å². The molecule has 0 amide bonds. The molecule has 0 unspecified atom stereocenters. The van der Waals surface area contributed by atoms with Gasteiger partial charge in [-0.1, -0.05) is 0 Å². The fourth-order valence-corrected chi connectivity index (χ4v) is 4.76. The van der Waals surface area contributed by atoms with E-state index in [2.05, 4.69) is 31.3 Å².